The Balaban J connectivity index is 1.29. The first-order valence-corrected chi connectivity index (χ1v) is 13.5. The second kappa shape index (κ2) is 9.10. The summed E-state index contributed by atoms with van der Waals surface area (Å²) in [5.41, 5.74) is 12.5. The third-order valence-electron chi connectivity index (χ3n) is 8.14. The molecular weight excluding hydrogens is 522 g/mol. The van der Waals surface area contributed by atoms with Crippen molar-refractivity contribution < 1.29 is 28.1 Å². The molecular formula is C25H28ClF2N6O4-. The summed E-state index contributed by atoms with van der Waals surface area (Å²) < 4.78 is 47.8. The summed E-state index contributed by atoms with van der Waals surface area (Å²) in [6, 6.07) is 1.99. The van der Waals surface area contributed by atoms with Crippen LogP contribution in [0.5, 0.6) is 0 Å². The Labute approximate surface area is 222 Å². The standard InChI is InChI=1S/C25H28ClF2N6O4/c26-24-30-22(29)19-23(31-24)34(32-33(19)16-10-15(28)14(27)9-13(16)12-3-4-12)17-11-18(36-8-7-35)21-20(17)37-25(38-21)5-1-2-6-25/h9-10,12,17-18,20-21,35H,1-8,11H2,(H2,29,30,31)/q-1/t17?,18-,20-,21+/m0/s1. The summed E-state index contributed by atoms with van der Waals surface area (Å²) in [7, 11) is 0. The molecule has 5 aliphatic rings. The minimum absolute atomic E-state index is 0.0607. The molecule has 1 spiro atoms. The van der Waals surface area contributed by atoms with Gasteiger partial charge in [0.1, 0.15) is 23.7 Å². The van der Waals surface area contributed by atoms with Gasteiger partial charge in [-0.3, -0.25) is 0 Å². The van der Waals surface area contributed by atoms with Crippen LogP contribution in [0.1, 0.15) is 56.4 Å². The zero-order valence-corrected chi connectivity index (χ0v) is 21.3. The molecule has 0 bridgehead atoms. The minimum Gasteiger partial charge on any atom is -0.468 e. The second-order valence-electron chi connectivity index (χ2n) is 10.6. The van der Waals surface area contributed by atoms with Crippen molar-refractivity contribution in [2.75, 3.05) is 29.0 Å². The molecule has 38 heavy (non-hydrogen) atoms. The number of ether oxygens (including phenoxy) is 3. The highest BCUT2D eigenvalue weighted by molar-refractivity contribution is 6.28. The van der Waals surface area contributed by atoms with Crippen LogP contribution in [0.2, 0.25) is 5.28 Å². The average molecular weight is 550 g/mol. The van der Waals surface area contributed by atoms with Crippen LogP contribution in [0.3, 0.4) is 0 Å². The van der Waals surface area contributed by atoms with Crippen molar-refractivity contribution in [3.05, 3.63) is 40.1 Å². The molecule has 1 aromatic heterocycles. The van der Waals surface area contributed by atoms with Crippen LogP contribution in [-0.2, 0) is 14.2 Å². The van der Waals surface area contributed by atoms with E-state index in [2.05, 4.69) is 9.97 Å². The Bertz CT molecular complexity index is 1260. The van der Waals surface area contributed by atoms with Gasteiger partial charge in [-0.25, -0.2) is 8.78 Å². The molecule has 0 amide bonds. The molecule has 204 valence electrons. The number of halogens is 3. The van der Waals surface area contributed by atoms with Crippen molar-refractivity contribution >= 4 is 34.6 Å². The van der Waals surface area contributed by atoms with Crippen LogP contribution in [0, 0.1) is 11.6 Å². The van der Waals surface area contributed by atoms with E-state index in [9.17, 15) is 13.9 Å². The van der Waals surface area contributed by atoms with Crippen molar-refractivity contribution in [1.82, 2.24) is 9.97 Å². The second-order valence-corrected chi connectivity index (χ2v) is 11.0. The van der Waals surface area contributed by atoms with E-state index in [-0.39, 0.29) is 48.5 Å². The summed E-state index contributed by atoms with van der Waals surface area (Å²) >= 11 is 6.23. The van der Waals surface area contributed by atoms with Gasteiger partial charge in [-0.05, 0) is 67.3 Å². The number of benzene rings is 1. The van der Waals surface area contributed by atoms with Gasteiger partial charge in [0.05, 0.1) is 19.3 Å². The zero-order chi connectivity index (χ0) is 26.2. The molecule has 2 aromatic rings. The highest BCUT2D eigenvalue weighted by Gasteiger charge is 2.59. The molecule has 13 heteroatoms. The van der Waals surface area contributed by atoms with E-state index in [0.717, 1.165) is 44.6 Å². The van der Waals surface area contributed by atoms with Crippen LogP contribution in [0.25, 0.3) is 5.53 Å². The van der Waals surface area contributed by atoms with Crippen molar-refractivity contribution in [1.29, 1.82) is 0 Å². The summed E-state index contributed by atoms with van der Waals surface area (Å²) in [6.07, 6.45) is 4.71. The number of aliphatic hydroxyl groups excluding tert-OH is 1. The number of nitrogen functional groups attached to an aromatic ring is 1. The molecule has 1 unspecified atom stereocenters. The average Bonchev–Trinajstić information content (AvgIpc) is 3.19. The maximum absolute atomic E-state index is 14.5. The molecule has 3 aliphatic carbocycles. The van der Waals surface area contributed by atoms with Crippen molar-refractivity contribution in [3.63, 3.8) is 0 Å². The monoisotopic (exact) mass is 549 g/mol. The number of nitrogens with two attached hydrogens (primary N) is 1. The Morgan fingerprint density at radius 2 is 1.89 bits per heavy atom. The lowest BCUT2D eigenvalue weighted by atomic mass is 10.1. The number of hydrogen-bond donors (Lipinski definition) is 2. The number of hydrogen-bond acceptors (Lipinski definition) is 9. The zero-order valence-electron chi connectivity index (χ0n) is 20.5. The molecule has 1 aromatic carbocycles. The summed E-state index contributed by atoms with van der Waals surface area (Å²) in [5.74, 6) is -2.05. The lowest BCUT2D eigenvalue weighted by molar-refractivity contribution is -0.188. The molecule has 10 nitrogen and oxygen atoms in total. The molecule has 0 radical (unpaired) electrons. The van der Waals surface area contributed by atoms with Gasteiger partial charge >= 0.3 is 0 Å². The Hall–Kier alpha value is -2.35. The number of nitrogens with zero attached hydrogens (tertiary/aromatic N) is 5. The van der Waals surface area contributed by atoms with Crippen LogP contribution >= 0.6 is 11.6 Å². The fourth-order valence-electron chi connectivity index (χ4n) is 6.33. The van der Waals surface area contributed by atoms with Gasteiger partial charge in [0.15, 0.2) is 23.2 Å². The van der Waals surface area contributed by atoms with Crippen LogP contribution in [0.15, 0.2) is 12.1 Å². The van der Waals surface area contributed by atoms with Crippen molar-refractivity contribution in [2.45, 2.75) is 81.0 Å². The predicted octanol–water partition coefficient (Wildman–Crippen LogP) is 4.23. The maximum Gasteiger partial charge on any atom is 0.226 e. The van der Waals surface area contributed by atoms with Crippen LogP contribution in [0.4, 0.5) is 31.8 Å². The maximum atomic E-state index is 14.5. The molecule has 3 heterocycles. The summed E-state index contributed by atoms with van der Waals surface area (Å²) in [4.78, 5) is 8.58. The third kappa shape index (κ3) is 3.92. The van der Waals surface area contributed by atoms with Gasteiger partial charge in [-0.2, -0.15) is 9.97 Å². The van der Waals surface area contributed by atoms with Gasteiger partial charge in [0, 0.05) is 24.6 Å². The topological polar surface area (TPSA) is 120 Å². The fraction of sp³-hybridized carbons (Fsp3) is 0.600. The SMILES string of the molecule is Nc1nc(Cl)nc2c1N(c1cc(F)c(F)cc1C1CC1)[N-]N2C1C[C@H](OCCO)[C@H]2OC3(CCCC3)O[C@@H]12. The number of aliphatic hydroxyl groups is 1. The highest BCUT2D eigenvalue weighted by Crippen LogP contribution is 2.56. The van der Waals surface area contributed by atoms with Crippen LogP contribution < -0.4 is 15.8 Å². The first kappa shape index (κ1) is 24.7. The number of aromatic nitrogens is 2. The Morgan fingerprint density at radius 3 is 2.63 bits per heavy atom. The first-order valence-electron chi connectivity index (χ1n) is 13.1. The smallest absolute Gasteiger partial charge is 0.226 e. The molecule has 3 N–H and O–H groups in total. The van der Waals surface area contributed by atoms with Gasteiger partial charge in [-0.15, -0.1) is 0 Å². The molecule has 2 aliphatic heterocycles. The van der Waals surface area contributed by atoms with E-state index in [0.29, 0.717) is 29.2 Å². The minimum atomic E-state index is -0.984. The fourth-order valence-corrected chi connectivity index (χ4v) is 6.50. The summed E-state index contributed by atoms with van der Waals surface area (Å²) in [6.45, 7) is 0.0477. The summed E-state index contributed by atoms with van der Waals surface area (Å²) in [5, 5.41) is 12.5. The molecule has 3 saturated carbocycles. The van der Waals surface area contributed by atoms with E-state index in [1.807, 2.05) is 0 Å². The predicted molar refractivity (Wildman–Crippen MR) is 134 cm³/mol. The number of fused-ring (bicyclic) bond motifs is 2. The normalized spacial score (nSPS) is 29.5. The van der Waals surface area contributed by atoms with Crippen molar-refractivity contribution in [2.24, 2.45) is 0 Å². The number of rotatable bonds is 6. The largest absolute Gasteiger partial charge is 0.468 e. The van der Waals surface area contributed by atoms with Gasteiger partial charge in [-0.1, -0.05) is 0 Å². The molecule has 4 fully saturated rings. The first-order chi connectivity index (χ1) is 18.4. The van der Waals surface area contributed by atoms with Gasteiger partial charge < -0.3 is 40.6 Å². The van der Waals surface area contributed by atoms with Crippen LogP contribution in [-0.4, -0.2) is 58.4 Å². The molecule has 1 saturated heterocycles. The van der Waals surface area contributed by atoms with E-state index >= 15 is 0 Å². The van der Waals surface area contributed by atoms with E-state index in [1.165, 1.54) is 11.1 Å². The van der Waals surface area contributed by atoms with E-state index in [4.69, 9.17) is 37.1 Å². The Kier molecular flexibility index (Phi) is 5.91. The number of anilines is 4. The van der Waals surface area contributed by atoms with E-state index < -0.39 is 23.5 Å². The molecule has 4 atom stereocenters. The lowest BCUT2D eigenvalue weighted by Crippen LogP contribution is -2.41. The lowest BCUT2D eigenvalue weighted by Gasteiger charge is -2.44. The Morgan fingerprint density at radius 1 is 1.16 bits per heavy atom. The van der Waals surface area contributed by atoms with Gasteiger partial charge in [0.2, 0.25) is 5.28 Å². The van der Waals surface area contributed by atoms with E-state index in [1.54, 1.807) is 5.01 Å². The van der Waals surface area contributed by atoms with Crippen molar-refractivity contribution in [3.8, 4) is 0 Å². The highest BCUT2D eigenvalue weighted by atomic mass is 35.5. The molecule has 7 rings (SSSR count). The quantitative estimate of drug-likeness (QED) is 0.510. The van der Waals surface area contributed by atoms with Gasteiger partial charge in [0.25, 0.3) is 0 Å². The third-order valence-corrected chi connectivity index (χ3v) is 8.31.